The van der Waals surface area contributed by atoms with Crippen LogP contribution in [0.4, 0.5) is 0 Å². The number of carbonyl (C=O) groups is 1. The summed E-state index contributed by atoms with van der Waals surface area (Å²) in [7, 11) is -2.63. The zero-order valence-electron chi connectivity index (χ0n) is 6.32. The third-order valence-electron chi connectivity index (χ3n) is 1.60. The van der Waals surface area contributed by atoms with Gasteiger partial charge in [-0.1, -0.05) is 0 Å². The quantitative estimate of drug-likeness (QED) is 0.599. The Morgan fingerprint density at radius 1 is 1.64 bits per heavy atom. The SMILES string of the molecule is CC(=O)OC1CCCS1(O)O. The van der Waals surface area contributed by atoms with E-state index >= 15 is 0 Å². The minimum Gasteiger partial charge on any atom is -0.442 e. The van der Waals surface area contributed by atoms with E-state index in [0.29, 0.717) is 12.2 Å². The molecule has 1 aliphatic heterocycles. The lowest BCUT2D eigenvalue weighted by Crippen LogP contribution is -2.18. The molecule has 66 valence electrons. The van der Waals surface area contributed by atoms with E-state index < -0.39 is 22.0 Å². The highest BCUT2D eigenvalue weighted by Crippen LogP contribution is 2.52. The zero-order valence-corrected chi connectivity index (χ0v) is 7.13. The summed E-state index contributed by atoms with van der Waals surface area (Å²) in [6.45, 7) is 1.27. The topological polar surface area (TPSA) is 66.8 Å². The fourth-order valence-electron chi connectivity index (χ4n) is 1.10. The van der Waals surface area contributed by atoms with Gasteiger partial charge in [0.2, 0.25) is 0 Å². The predicted molar refractivity (Wildman–Crippen MR) is 42.5 cm³/mol. The first-order chi connectivity index (χ1) is 5.02. The van der Waals surface area contributed by atoms with E-state index in [-0.39, 0.29) is 0 Å². The van der Waals surface area contributed by atoms with Crippen LogP contribution in [0.5, 0.6) is 0 Å². The molecular weight excluding hydrogens is 168 g/mol. The van der Waals surface area contributed by atoms with Crippen molar-refractivity contribution < 1.29 is 18.6 Å². The average molecular weight is 180 g/mol. The predicted octanol–water partition coefficient (Wildman–Crippen LogP) is 1.42. The van der Waals surface area contributed by atoms with Crippen molar-refractivity contribution >= 4 is 16.6 Å². The minimum absolute atomic E-state index is 0.366. The summed E-state index contributed by atoms with van der Waals surface area (Å²) in [6, 6.07) is 0. The smallest absolute Gasteiger partial charge is 0.304 e. The van der Waals surface area contributed by atoms with Crippen molar-refractivity contribution in [3.8, 4) is 0 Å². The molecule has 1 saturated heterocycles. The van der Waals surface area contributed by atoms with Gasteiger partial charge in [0.25, 0.3) is 0 Å². The molecule has 5 heteroatoms. The molecule has 1 heterocycles. The van der Waals surface area contributed by atoms with E-state index in [1.165, 1.54) is 6.92 Å². The molecule has 0 saturated carbocycles. The average Bonchev–Trinajstić information content (AvgIpc) is 2.10. The van der Waals surface area contributed by atoms with Crippen molar-refractivity contribution in [2.24, 2.45) is 0 Å². The van der Waals surface area contributed by atoms with Gasteiger partial charge in [-0.3, -0.25) is 13.9 Å². The molecule has 0 spiro atoms. The first-order valence-electron chi connectivity index (χ1n) is 3.44. The molecule has 0 aromatic rings. The molecule has 1 unspecified atom stereocenters. The molecule has 1 atom stereocenters. The van der Waals surface area contributed by atoms with Gasteiger partial charge >= 0.3 is 5.97 Å². The number of carbonyl (C=O) groups excluding carboxylic acids is 1. The molecule has 0 bridgehead atoms. The van der Waals surface area contributed by atoms with Crippen molar-refractivity contribution in [1.29, 1.82) is 0 Å². The van der Waals surface area contributed by atoms with Crippen molar-refractivity contribution in [1.82, 2.24) is 0 Å². The second-order valence-corrected chi connectivity index (χ2v) is 4.97. The molecule has 0 aromatic heterocycles. The second kappa shape index (κ2) is 3.00. The summed E-state index contributed by atoms with van der Waals surface area (Å²) in [6.07, 6.45) is 1.29. The Kier molecular flexibility index (Phi) is 2.41. The lowest BCUT2D eigenvalue weighted by atomic mass is 10.4. The number of hydrogen-bond donors (Lipinski definition) is 2. The van der Waals surface area contributed by atoms with Crippen LogP contribution in [0.2, 0.25) is 0 Å². The van der Waals surface area contributed by atoms with E-state index in [1.807, 2.05) is 0 Å². The van der Waals surface area contributed by atoms with Crippen molar-refractivity contribution in [2.45, 2.75) is 25.2 Å². The third-order valence-corrected chi connectivity index (χ3v) is 3.67. The van der Waals surface area contributed by atoms with E-state index in [1.54, 1.807) is 0 Å². The lowest BCUT2D eigenvalue weighted by Gasteiger charge is -2.32. The maximum absolute atomic E-state index is 10.5. The summed E-state index contributed by atoms with van der Waals surface area (Å²) < 4.78 is 23.3. The van der Waals surface area contributed by atoms with Gasteiger partial charge in [0.15, 0.2) is 5.44 Å². The van der Waals surface area contributed by atoms with Crippen LogP contribution in [0.15, 0.2) is 0 Å². The maximum atomic E-state index is 10.5. The second-order valence-electron chi connectivity index (χ2n) is 2.60. The highest BCUT2D eigenvalue weighted by atomic mass is 32.3. The molecule has 11 heavy (non-hydrogen) atoms. The van der Waals surface area contributed by atoms with Crippen LogP contribution >= 0.6 is 10.6 Å². The molecule has 0 radical (unpaired) electrons. The third kappa shape index (κ3) is 2.08. The Hall–Kier alpha value is -0.260. The first-order valence-corrected chi connectivity index (χ1v) is 5.22. The van der Waals surface area contributed by atoms with Crippen LogP contribution in [0, 0.1) is 0 Å². The lowest BCUT2D eigenvalue weighted by molar-refractivity contribution is -0.142. The van der Waals surface area contributed by atoms with Crippen LogP contribution in [-0.4, -0.2) is 26.3 Å². The molecule has 1 rings (SSSR count). The number of rotatable bonds is 1. The molecule has 4 nitrogen and oxygen atoms in total. The molecule has 0 aromatic carbocycles. The fourth-order valence-corrected chi connectivity index (χ4v) is 2.79. The van der Waals surface area contributed by atoms with E-state index in [9.17, 15) is 13.9 Å². The van der Waals surface area contributed by atoms with Gasteiger partial charge in [-0.15, -0.1) is 0 Å². The molecule has 1 fully saturated rings. The highest BCUT2D eigenvalue weighted by Gasteiger charge is 2.33. The van der Waals surface area contributed by atoms with Gasteiger partial charge in [0, 0.05) is 19.1 Å². The maximum Gasteiger partial charge on any atom is 0.304 e. The van der Waals surface area contributed by atoms with E-state index in [2.05, 4.69) is 0 Å². The Morgan fingerprint density at radius 2 is 2.27 bits per heavy atom. The first kappa shape index (κ1) is 8.83. The Balaban J connectivity index is 2.51. The van der Waals surface area contributed by atoms with Crippen molar-refractivity contribution in [2.75, 3.05) is 5.75 Å². The molecule has 2 N–H and O–H groups in total. The van der Waals surface area contributed by atoms with Gasteiger partial charge < -0.3 is 4.74 Å². The summed E-state index contributed by atoms with van der Waals surface area (Å²) in [5, 5.41) is 0. The summed E-state index contributed by atoms with van der Waals surface area (Å²) in [5.41, 5.74) is -0.653. The van der Waals surface area contributed by atoms with E-state index in [0.717, 1.165) is 6.42 Å². The molecule has 0 aliphatic carbocycles. The minimum atomic E-state index is -2.63. The Labute approximate surface area is 66.9 Å². The van der Waals surface area contributed by atoms with Crippen LogP contribution < -0.4 is 0 Å². The Bertz CT molecular complexity index is 168. The zero-order chi connectivity index (χ0) is 8.48. The standard InChI is InChI=1S/C6H12O4S/c1-5(7)10-6-3-2-4-11(6,8)9/h6,8-9H,2-4H2,1H3. The molecule has 0 amide bonds. The molecular formula is C6H12O4S. The van der Waals surface area contributed by atoms with Gasteiger partial charge in [0.1, 0.15) is 0 Å². The monoisotopic (exact) mass is 180 g/mol. The summed E-state index contributed by atoms with van der Waals surface area (Å²) in [4.78, 5) is 10.5. The van der Waals surface area contributed by atoms with Crippen molar-refractivity contribution in [3.63, 3.8) is 0 Å². The van der Waals surface area contributed by atoms with Gasteiger partial charge in [-0.2, -0.15) is 10.6 Å². The van der Waals surface area contributed by atoms with Crippen molar-refractivity contribution in [3.05, 3.63) is 0 Å². The number of ether oxygens (including phenoxy) is 1. The summed E-state index contributed by atoms with van der Waals surface area (Å²) in [5.74, 6) is -0.0813. The van der Waals surface area contributed by atoms with Crippen LogP contribution in [-0.2, 0) is 9.53 Å². The van der Waals surface area contributed by atoms with Gasteiger partial charge in [-0.05, 0) is 6.42 Å². The van der Waals surface area contributed by atoms with Crippen LogP contribution in [0.1, 0.15) is 19.8 Å². The fraction of sp³-hybridized carbons (Fsp3) is 0.833. The number of esters is 1. The van der Waals surface area contributed by atoms with E-state index in [4.69, 9.17) is 4.74 Å². The largest absolute Gasteiger partial charge is 0.442 e. The number of hydrogen-bond acceptors (Lipinski definition) is 4. The van der Waals surface area contributed by atoms with Crippen LogP contribution in [0.3, 0.4) is 0 Å². The normalized spacial score (nSPS) is 31.4. The Morgan fingerprint density at radius 3 is 2.64 bits per heavy atom. The summed E-state index contributed by atoms with van der Waals surface area (Å²) >= 11 is 0. The highest BCUT2D eigenvalue weighted by molar-refractivity contribution is 8.24. The van der Waals surface area contributed by atoms with Gasteiger partial charge in [-0.25, -0.2) is 0 Å². The van der Waals surface area contributed by atoms with Gasteiger partial charge in [0.05, 0.1) is 0 Å². The molecule has 1 aliphatic rings. The van der Waals surface area contributed by atoms with Crippen LogP contribution in [0.25, 0.3) is 0 Å².